The number of likely N-dealkylation sites (tertiary alicyclic amines) is 1. The van der Waals surface area contributed by atoms with Gasteiger partial charge >= 0.3 is 6.09 Å². The second kappa shape index (κ2) is 9.46. The van der Waals surface area contributed by atoms with E-state index in [1.807, 2.05) is 66.7 Å². The fourth-order valence-electron chi connectivity index (χ4n) is 3.82. The van der Waals surface area contributed by atoms with Crippen LogP contribution in [-0.4, -0.2) is 30.2 Å². The first-order chi connectivity index (χ1) is 14.7. The van der Waals surface area contributed by atoms with E-state index in [0.717, 1.165) is 55.0 Å². The molecule has 154 valence electrons. The Hall–Kier alpha value is -3.31. The smallest absolute Gasteiger partial charge is 0.411 e. The highest BCUT2D eigenvalue weighted by molar-refractivity contribution is 5.91. The number of carbonyl (C=O) groups is 1. The minimum Gasteiger partial charge on any atom is -0.446 e. The number of nitrogens with one attached hydrogen (secondary N) is 1. The van der Waals surface area contributed by atoms with Crippen molar-refractivity contribution in [3.8, 4) is 11.1 Å². The summed E-state index contributed by atoms with van der Waals surface area (Å²) in [5, 5.41) is 2.93. The van der Waals surface area contributed by atoms with Crippen molar-refractivity contribution in [1.82, 2.24) is 4.90 Å². The number of hydrogen-bond acceptors (Lipinski definition) is 4. The number of nitrogens with two attached hydrogens (primary N) is 1. The van der Waals surface area contributed by atoms with Gasteiger partial charge in [-0.1, -0.05) is 60.7 Å². The Balaban J connectivity index is 1.29. The number of rotatable bonds is 5. The monoisotopic (exact) mass is 401 g/mol. The molecule has 0 radical (unpaired) electrons. The molecule has 3 aromatic carbocycles. The van der Waals surface area contributed by atoms with Gasteiger partial charge in [0.15, 0.2) is 0 Å². The molecule has 1 amide bonds. The molecule has 0 saturated carbocycles. The minimum absolute atomic E-state index is 0.0587. The van der Waals surface area contributed by atoms with Gasteiger partial charge in [-0.05, 0) is 42.2 Å². The van der Waals surface area contributed by atoms with Crippen molar-refractivity contribution in [3.05, 3.63) is 84.4 Å². The highest BCUT2D eigenvalue weighted by Gasteiger charge is 2.22. The van der Waals surface area contributed by atoms with Crippen LogP contribution in [0.4, 0.5) is 16.2 Å². The highest BCUT2D eigenvalue weighted by atomic mass is 16.6. The number of amides is 1. The van der Waals surface area contributed by atoms with Crippen LogP contribution in [0.3, 0.4) is 0 Å². The van der Waals surface area contributed by atoms with Crippen molar-refractivity contribution in [2.24, 2.45) is 0 Å². The molecule has 3 aromatic rings. The van der Waals surface area contributed by atoms with Crippen LogP contribution in [0, 0.1) is 0 Å². The third-order valence-electron chi connectivity index (χ3n) is 5.44. The summed E-state index contributed by atoms with van der Waals surface area (Å²) in [4.78, 5) is 14.9. The number of ether oxygens (including phenoxy) is 1. The van der Waals surface area contributed by atoms with Gasteiger partial charge in [0.1, 0.15) is 6.10 Å². The van der Waals surface area contributed by atoms with Crippen LogP contribution in [0.25, 0.3) is 11.1 Å². The maximum absolute atomic E-state index is 12.5. The molecule has 1 heterocycles. The van der Waals surface area contributed by atoms with Crippen LogP contribution >= 0.6 is 0 Å². The molecule has 5 heteroatoms. The third-order valence-corrected chi connectivity index (χ3v) is 5.44. The van der Waals surface area contributed by atoms with Gasteiger partial charge in [0.2, 0.25) is 0 Å². The van der Waals surface area contributed by atoms with Gasteiger partial charge in [0, 0.05) is 30.9 Å². The van der Waals surface area contributed by atoms with Crippen LogP contribution in [-0.2, 0) is 11.3 Å². The van der Waals surface area contributed by atoms with Crippen molar-refractivity contribution in [3.63, 3.8) is 0 Å². The molecule has 1 saturated heterocycles. The molecule has 30 heavy (non-hydrogen) atoms. The number of para-hydroxylation sites is 1. The fourth-order valence-corrected chi connectivity index (χ4v) is 3.82. The van der Waals surface area contributed by atoms with E-state index in [2.05, 4.69) is 22.3 Å². The lowest BCUT2D eigenvalue weighted by molar-refractivity contribution is 0.0567. The van der Waals surface area contributed by atoms with Crippen molar-refractivity contribution >= 4 is 17.5 Å². The number of carbonyl (C=O) groups excluding carboxylic acids is 1. The minimum atomic E-state index is -0.393. The molecule has 0 spiro atoms. The summed E-state index contributed by atoms with van der Waals surface area (Å²) in [6.07, 6.45) is 1.22. The van der Waals surface area contributed by atoms with Gasteiger partial charge in [0.25, 0.3) is 0 Å². The molecule has 3 N–H and O–H groups in total. The first-order valence-electron chi connectivity index (χ1n) is 10.4. The summed E-state index contributed by atoms with van der Waals surface area (Å²) < 4.78 is 5.71. The van der Waals surface area contributed by atoms with Crippen LogP contribution in [0.1, 0.15) is 18.4 Å². The molecule has 5 nitrogen and oxygen atoms in total. The zero-order chi connectivity index (χ0) is 20.8. The average Bonchev–Trinajstić information content (AvgIpc) is 2.78. The lowest BCUT2D eigenvalue weighted by atomic mass is 10.0. The lowest BCUT2D eigenvalue weighted by Crippen LogP contribution is -2.38. The molecular weight excluding hydrogens is 374 g/mol. The van der Waals surface area contributed by atoms with Crippen LogP contribution in [0.2, 0.25) is 0 Å². The van der Waals surface area contributed by atoms with Gasteiger partial charge < -0.3 is 10.5 Å². The van der Waals surface area contributed by atoms with Crippen molar-refractivity contribution in [1.29, 1.82) is 0 Å². The van der Waals surface area contributed by atoms with Crippen LogP contribution in [0.5, 0.6) is 0 Å². The van der Waals surface area contributed by atoms with E-state index in [1.165, 1.54) is 5.56 Å². The molecule has 0 aromatic heterocycles. The van der Waals surface area contributed by atoms with E-state index in [-0.39, 0.29) is 6.10 Å². The maximum Gasteiger partial charge on any atom is 0.411 e. The predicted octanol–water partition coefficient (Wildman–Crippen LogP) is 5.15. The average molecular weight is 402 g/mol. The van der Waals surface area contributed by atoms with E-state index in [9.17, 15) is 4.79 Å². The van der Waals surface area contributed by atoms with Gasteiger partial charge in [-0.25, -0.2) is 4.79 Å². The Labute approximate surface area is 177 Å². The first kappa shape index (κ1) is 20.0. The zero-order valence-electron chi connectivity index (χ0n) is 17.0. The summed E-state index contributed by atoms with van der Waals surface area (Å²) in [6.45, 7) is 2.70. The van der Waals surface area contributed by atoms with E-state index in [1.54, 1.807) is 0 Å². The van der Waals surface area contributed by atoms with Gasteiger partial charge in [-0.15, -0.1) is 0 Å². The van der Waals surface area contributed by atoms with Gasteiger partial charge in [-0.2, -0.15) is 0 Å². The first-order valence-corrected chi connectivity index (χ1v) is 10.4. The Bertz CT molecular complexity index is 965. The van der Waals surface area contributed by atoms with Gasteiger partial charge in [0.05, 0.1) is 5.69 Å². The summed E-state index contributed by atoms with van der Waals surface area (Å²) in [5.41, 5.74) is 10.6. The number of piperidine rings is 1. The normalized spacial score (nSPS) is 14.9. The van der Waals surface area contributed by atoms with Crippen molar-refractivity contribution in [2.45, 2.75) is 25.5 Å². The van der Waals surface area contributed by atoms with E-state index < -0.39 is 6.09 Å². The standard InChI is InChI=1S/C25H27N3O2/c26-21-12-10-19(11-13-21)18-28-16-14-22(15-17-28)30-25(29)27-24-9-5-4-8-23(24)20-6-2-1-3-7-20/h1-13,22H,14-18,26H2,(H,27,29). The van der Waals surface area contributed by atoms with Gasteiger partial charge in [-0.3, -0.25) is 10.2 Å². The fraction of sp³-hybridized carbons (Fsp3) is 0.240. The van der Waals surface area contributed by atoms with Crippen molar-refractivity contribution < 1.29 is 9.53 Å². The summed E-state index contributed by atoms with van der Waals surface area (Å²) in [7, 11) is 0. The molecule has 4 rings (SSSR count). The summed E-state index contributed by atoms with van der Waals surface area (Å²) >= 11 is 0. The Morgan fingerprint density at radius 3 is 2.33 bits per heavy atom. The Morgan fingerprint density at radius 2 is 1.60 bits per heavy atom. The molecule has 1 aliphatic heterocycles. The number of anilines is 2. The van der Waals surface area contributed by atoms with E-state index in [4.69, 9.17) is 10.5 Å². The molecule has 0 unspecified atom stereocenters. The molecule has 1 aliphatic rings. The number of nitrogen functional groups attached to an aromatic ring is 1. The highest BCUT2D eigenvalue weighted by Crippen LogP contribution is 2.28. The lowest BCUT2D eigenvalue weighted by Gasteiger charge is -2.31. The maximum atomic E-state index is 12.5. The quantitative estimate of drug-likeness (QED) is 0.580. The number of nitrogens with zero attached hydrogens (tertiary/aromatic N) is 1. The Morgan fingerprint density at radius 1 is 0.933 bits per heavy atom. The number of benzene rings is 3. The predicted molar refractivity (Wildman–Crippen MR) is 121 cm³/mol. The molecule has 0 bridgehead atoms. The van der Waals surface area contributed by atoms with E-state index >= 15 is 0 Å². The second-order valence-corrected chi connectivity index (χ2v) is 7.66. The summed E-state index contributed by atoms with van der Waals surface area (Å²) in [6, 6.07) is 25.8. The molecule has 1 fully saturated rings. The largest absolute Gasteiger partial charge is 0.446 e. The third kappa shape index (κ3) is 5.19. The van der Waals surface area contributed by atoms with Crippen molar-refractivity contribution in [2.75, 3.05) is 24.1 Å². The van der Waals surface area contributed by atoms with Crippen LogP contribution in [0.15, 0.2) is 78.9 Å². The second-order valence-electron chi connectivity index (χ2n) is 7.66. The molecule has 0 atom stereocenters. The van der Waals surface area contributed by atoms with Crippen LogP contribution < -0.4 is 11.1 Å². The SMILES string of the molecule is Nc1ccc(CN2CCC(OC(=O)Nc3ccccc3-c3ccccc3)CC2)cc1. The zero-order valence-corrected chi connectivity index (χ0v) is 17.0. The number of hydrogen-bond donors (Lipinski definition) is 2. The Kier molecular flexibility index (Phi) is 6.30. The molecule has 0 aliphatic carbocycles. The topological polar surface area (TPSA) is 67.6 Å². The summed E-state index contributed by atoms with van der Waals surface area (Å²) in [5.74, 6) is 0. The van der Waals surface area contributed by atoms with E-state index in [0.29, 0.717) is 0 Å². The molecular formula is C25H27N3O2.